The number of hydrogen-bond acceptors (Lipinski definition) is 4. The van der Waals surface area contributed by atoms with Crippen molar-refractivity contribution in [2.24, 2.45) is 0 Å². The van der Waals surface area contributed by atoms with Gasteiger partial charge in [0, 0.05) is 24.2 Å². The van der Waals surface area contributed by atoms with Gasteiger partial charge in [-0.1, -0.05) is 32.9 Å². The number of fused-ring (bicyclic) bond motifs is 1. The number of carbonyl (C=O) groups is 1. The molecule has 38 heavy (non-hydrogen) atoms. The summed E-state index contributed by atoms with van der Waals surface area (Å²) in [6.45, 7) is 5.76. The monoisotopic (exact) mass is 535 g/mol. The van der Waals surface area contributed by atoms with Crippen molar-refractivity contribution in [1.29, 1.82) is 0 Å². The largest absolute Gasteiger partial charge is 0.416 e. The van der Waals surface area contributed by atoms with Gasteiger partial charge in [0.25, 0.3) is 5.91 Å². The van der Waals surface area contributed by atoms with E-state index >= 15 is 0 Å². The molecule has 2 heterocycles. The number of carbonyl (C=O) groups excluding carboxylic acids is 1. The molecule has 0 bridgehead atoms. The van der Waals surface area contributed by atoms with Crippen LogP contribution < -0.4 is 10.6 Å². The number of rotatable bonds is 5. The van der Waals surface area contributed by atoms with Crippen LogP contribution in [0.3, 0.4) is 0 Å². The summed E-state index contributed by atoms with van der Waals surface area (Å²) in [5.74, 6) is -0.129. The number of alkyl halides is 6. The minimum Gasteiger partial charge on any atom is -0.366 e. The van der Waals surface area contributed by atoms with Crippen molar-refractivity contribution in [2.75, 3.05) is 10.6 Å². The second-order valence-corrected chi connectivity index (χ2v) is 9.68. The third-order valence-corrected chi connectivity index (χ3v) is 5.74. The first-order valence-electron chi connectivity index (χ1n) is 11.4. The second kappa shape index (κ2) is 9.66. The van der Waals surface area contributed by atoms with Gasteiger partial charge in [0.15, 0.2) is 5.65 Å². The van der Waals surface area contributed by atoms with Crippen molar-refractivity contribution in [3.8, 4) is 0 Å². The average molecular weight is 535 g/mol. The van der Waals surface area contributed by atoms with Gasteiger partial charge >= 0.3 is 12.4 Å². The van der Waals surface area contributed by atoms with Crippen LogP contribution in [-0.2, 0) is 24.3 Å². The maximum Gasteiger partial charge on any atom is 0.416 e. The summed E-state index contributed by atoms with van der Waals surface area (Å²) in [4.78, 5) is 17.1. The number of nitrogens with zero attached hydrogens (tertiary/aromatic N) is 3. The highest BCUT2D eigenvalue weighted by molar-refractivity contribution is 6.04. The van der Waals surface area contributed by atoms with E-state index in [1.54, 1.807) is 12.1 Å². The zero-order valence-corrected chi connectivity index (χ0v) is 20.5. The third-order valence-electron chi connectivity index (χ3n) is 5.74. The van der Waals surface area contributed by atoms with E-state index in [4.69, 9.17) is 0 Å². The summed E-state index contributed by atoms with van der Waals surface area (Å²) in [5.41, 5.74) is -1.43. The number of halogens is 6. The normalized spacial score (nSPS) is 12.6. The second-order valence-electron chi connectivity index (χ2n) is 9.68. The Bertz CT molecular complexity index is 1430. The molecule has 0 fully saturated rings. The molecule has 0 atom stereocenters. The first-order valence-corrected chi connectivity index (χ1v) is 11.4. The fourth-order valence-corrected chi connectivity index (χ4v) is 3.73. The van der Waals surface area contributed by atoms with Gasteiger partial charge in [-0.15, -0.1) is 0 Å². The number of benzene rings is 2. The Morgan fingerprint density at radius 2 is 1.45 bits per heavy atom. The predicted molar refractivity (Wildman–Crippen MR) is 130 cm³/mol. The van der Waals surface area contributed by atoms with Gasteiger partial charge in [0.1, 0.15) is 11.6 Å². The Balaban J connectivity index is 1.59. The van der Waals surface area contributed by atoms with Gasteiger partial charge in [0.2, 0.25) is 0 Å². The first kappa shape index (κ1) is 27.0. The molecule has 0 aliphatic rings. The van der Waals surface area contributed by atoms with Crippen LogP contribution >= 0.6 is 0 Å². The number of aromatic nitrogens is 3. The highest BCUT2D eigenvalue weighted by Gasteiger charge is 2.36. The van der Waals surface area contributed by atoms with Crippen molar-refractivity contribution in [3.05, 3.63) is 88.6 Å². The number of amides is 1. The van der Waals surface area contributed by atoms with Crippen LogP contribution in [0.5, 0.6) is 0 Å². The average Bonchev–Trinajstić information content (AvgIpc) is 3.29. The minimum absolute atomic E-state index is 0.0727. The van der Waals surface area contributed by atoms with Crippen LogP contribution in [0.2, 0.25) is 0 Å². The van der Waals surface area contributed by atoms with Gasteiger partial charge in [-0.2, -0.15) is 36.0 Å². The smallest absolute Gasteiger partial charge is 0.366 e. The van der Waals surface area contributed by atoms with Gasteiger partial charge in [0.05, 0.1) is 17.3 Å². The van der Waals surface area contributed by atoms with E-state index in [9.17, 15) is 31.1 Å². The lowest BCUT2D eigenvalue weighted by molar-refractivity contribution is -0.143. The maximum atomic E-state index is 13.2. The highest BCUT2D eigenvalue weighted by Crippen LogP contribution is 2.36. The lowest BCUT2D eigenvalue weighted by Gasteiger charge is -2.19. The Morgan fingerprint density at radius 3 is 2.00 bits per heavy atom. The molecule has 2 N–H and O–H groups in total. The van der Waals surface area contributed by atoms with E-state index in [0.29, 0.717) is 23.3 Å². The predicted octanol–water partition coefficient (Wildman–Crippen LogP) is 6.93. The number of hydrogen-bond donors (Lipinski definition) is 2. The van der Waals surface area contributed by atoms with Gasteiger partial charge in [-0.05, 0) is 46.9 Å². The van der Waals surface area contributed by atoms with E-state index in [1.165, 1.54) is 22.8 Å². The van der Waals surface area contributed by atoms with E-state index in [-0.39, 0.29) is 35.2 Å². The van der Waals surface area contributed by atoms with Crippen molar-refractivity contribution >= 4 is 23.2 Å². The molecular weight excluding hydrogens is 512 g/mol. The summed E-state index contributed by atoms with van der Waals surface area (Å²) in [7, 11) is 0. The Morgan fingerprint density at radius 1 is 0.842 bits per heavy atom. The summed E-state index contributed by atoms with van der Waals surface area (Å²) in [6.07, 6.45) is -8.49. The fourth-order valence-electron chi connectivity index (χ4n) is 3.73. The van der Waals surface area contributed by atoms with Crippen LogP contribution in [0.15, 0.2) is 60.8 Å². The molecule has 0 saturated heterocycles. The molecular formula is C26H23F6N5O. The summed E-state index contributed by atoms with van der Waals surface area (Å²) in [6, 6.07) is 11.3. The molecule has 2 aromatic heterocycles. The molecule has 2 aromatic carbocycles. The van der Waals surface area contributed by atoms with Crippen LogP contribution in [-0.4, -0.2) is 20.5 Å². The third kappa shape index (κ3) is 6.06. The van der Waals surface area contributed by atoms with Crippen LogP contribution in [0, 0.1) is 0 Å². The molecule has 200 valence electrons. The van der Waals surface area contributed by atoms with E-state index < -0.39 is 29.4 Å². The molecule has 12 heteroatoms. The van der Waals surface area contributed by atoms with E-state index in [2.05, 4.69) is 20.7 Å². The van der Waals surface area contributed by atoms with Crippen LogP contribution in [0.25, 0.3) is 5.65 Å². The van der Waals surface area contributed by atoms with Crippen LogP contribution in [0.4, 0.5) is 38.0 Å². The quantitative estimate of drug-likeness (QED) is 0.272. The van der Waals surface area contributed by atoms with Crippen molar-refractivity contribution in [2.45, 2.75) is 45.1 Å². The van der Waals surface area contributed by atoms with Crippen molar-refractivity contribution in [1.82, 2.24) is 14.6 Å². The Hall–Kier alpha value is -4.09. The van der Waals surface area contributed by atoms with Gasteiger partial charge in [-0.3, -0.25) is 4.79 Å². The molecule has 0 radical (unpaired) electrons. The standard InChI is InChI=1S/C26H23F6N5O/c1-24(2,3)17-6-4-16(5-7-17)23(38)36-20-13-22(37-21(35-20)8-9-34-37)33-14-15-10-18(25(27,28)29)12-19(11-15)26(30,31)32/h4-13,33H,14H2,1-3H3,(H,35,36,38). The van der Waals surface area contributed by atoms with Gasteiger partial charge < -0.3 is 10.6 Å². The topological polar surface area (TPSA) is 71.3 Å². The molecule has 6 nitrogen and oxygen atoms in total. The van der Waals surface area contributed by atoms with Gasteiger partial charge in [-0.25, -0.2) is 4.98 Å². The molecule has 0 aliphatic carbocycles. The summed E-state index contributed by atoms with van der Waals surface area (Å²) < 4.78 is 80.6. The Kier molecular flexibility index (Phi) is 6.85. The van der Waals surface area contributed by atoms with E-state index in [0.717, 1.165) is 5.56 Å². The zero-order chi connectivity index (χ0) is 27.9. The first-order chi connectivity index (χ1) is 17.6. The zero-order valence-electron chi connectivity index (χ0n) is 20.5. The van der Waals surface area contributed by atoms with Crippen LogP contribution in [0.1, 0.15) is 53.4 Å². The molecule has 0 spiro atoms. The molecule has 1 amide bonds. The lowest BCUT2D eigenvalue weighted by Crippen LogP contribution is -2.16. The maximum absolute atomic E-state index is 13.2. The highest BCUT2D eigenvalue weighted by atomic mass is 19.4. The Labute approximate surface area is 213 Å². The fraction of sp³-hybridized carbons (Fsp3) is 0.269. The molecule has 0 unspecified atom stereocenters. The SMILES string of the molecule is CC(C)(C)c1ccc(C(=O)Nc2cc(NCc3cc(C(F)(F)F)cc(C(F)(F)F)c3)n3nccc3n2)cc1. The summed E-state index contributed by atoms with van der Waals surface area (Å²) >= 11 is 0. The van der Waals surface area contributed by atoms with Crippen molar-refractivity contribution < 1.29 is 31.1 Å². The number of anilines is 2. The summed E-state index contributed by atoms with van der Waals surface area (Å²) in [5, 5.41) is 9.54. The molecule has 4 aromatic rings. The molecule has 0 saturated carbocycles. The lowest BCUT2D eigenvalue weighted by atomic mass is 9.87. The molecule has 4 rings (SSSR count). The van der Waals surface area contributed by atoms with Crippen molar-refractivity contribution in [3.63, 3.8) is 0 Å². The number of nitrogens with one attached hydrogen (secondary N) is 2. The van der Waals surface area contributed by atoms with E-state index in [1.807, 2.05) is 32.9 Å². The minimum atomic E-state index is -4.95. The molecule has 0 aliphatic heterocycles.